The number of nitrogens with zero attached hydrogens (tertiary/aromatic N) is 2. The van der Waals surface area contributed by atoms with Crippen LogP contribution in [0.5, 0.6) is 5.75 Å². The number of aromatic nitrogens is 2. The number of benzene rings is 1. The summed E-state index contributed by atoms with van der Waals surface area (Å²) in [6.07, 6.45) is 2.57. The molecular weight excluding hydrogens is 414 g/mol. The van der Waals surface area contributed by atoms with Crippen LogP contribution in [-0.4, -0.2) is 27.4 Å². The van der Waals surface area contributed by atoms with E-state index in [0.717, 1.165) is 18.4 Å². The number of rotatable bonds is 8. The first-order valence-corrected chi connectivity index (χ1v) is 10.7. The first-order valence-electron chi connectivity index (χ1n) is 10.7. The van der Waals surface area contributed by atoms with Gasteiger partial charge in [-0.25, -0.2) is 13.8 Å². The lowest BCUT2D eigenvalue weighted by Gasteiger charge is -2.24. The number of ether oxygens (including phenoxy) is 1. The Labute approximate surface area is 186 Å². The van der Waals surface area contributed by atoms with Crippen molar-refractivity contribution in [2.75, 3.05) is 6.54 Å². The van der Waals surface area contributed by atoms with Gasteiger partial charge in [0, 0.05) is 18.3 Å². The Morgan fingerprint density at radius 1 is 1.31 bits per heavy atom. The first kappa shape index (κ1) is 23.7. The molecule has 1 amide bonds. The molecule has 2 atom stereocenters. The normalized spacial score (nSPS) is 14.2. The summed E-state index contributed by atoms with van der Waals surface area (Å²) in [4.78, 5) is 17.5. The van der Waals surface area contributed by atoms with Gasteiger partial charge in [0.2, 0.25) is 0 Å². The molecule has 0 bridgehead atoms. The molecule has 32 heavy (non-hydrogen) atoms. The summed E-state index contributed by atoms with van der Waals surface area (Å²) in [7, 11) is 0. The predicted molar refractivity (Wildman–Crippen MR) is 120 cm³/mol. The highest BCUT2D eigenvalue weighted by Crippen LogP contribution is 2.30. The summed E-state index contributed by atoms with van der Waals surface area (Å²) >= 11 is 0. The predicted octanol–water partition coefficient (Wildman–Crippen LogP) is 4.62. The van der Waals surface area contributed by atoms with E-state index in [0.29, 0.717) is 29.3 Å². The van der Waals surface area contributed by atoms with Crippen LogP contribution in [0, 0.1) is 25.5 Å². The maximum atomic E-state index is 14.2. The number of hydrogen-bond acceptors (Lipinski definition) is 4. The van der Waals surface area contributed by atoms with E-state index in [2.05, 4.69) is 10.3 Å². The molecule has 2 heterocycles. The van der Waals surface area contributed by atoms with Crippen molar-refractivity contribution in [2.24, 2.45) is 5.73 Å². The Morgan fingerprint density at radius 3 is 2.59 bits per heavy atom. The average Bonchev–Trinajstić information content (AvgIpc) is 3.02. The highest BCUT2D eigenvalue weighted by molar-refractivity contribution is 5.95. The Kier molecular flexibility index (Phi) is 6.83. The molecule has 0 saturated heterocycles. The van der Waals surface area contributed by atoms with Crippen molar-refractivity contribution in [2.45, 2.75) is 59.1 Å². The summed E-state index contributed by atoms with van der Waals surface area (Å²) in [5, 5.41) is 2.90. The van der Waals surface area contributed by atoms with Crippen molar-refractivity contribution in [1.29, 1.82) is 0 Å². The molecular formula is C24H30F2N4O2. The second-order valence-electron chi connectivity index (χ2n) is 8.60. The van der Waals surface area contributed by atoms with E-state index >= 15 is 0 Å². The SMILES string of the molecule is CCCC(C)(N)CNC(=O)c1c(C)nc2c(OC(C)c3c(F)cccc3F)cc(C)cn12. The molecule has 0 aliphatic rings. The van der Waals surface area contributed by atoms with Crippen LogP contribution in [0.1, 0.15) is 67.0 Å². The van der Waals surface area contributed by atoms with Crippen molar-refractivity contribution in [3.8, 4) is 5.75 Å². The van der Waals surface area contributed by atoms with E-state index in [1.54, 1.807) is 30.5 Å². The van der Waals surface area contributed by atoms with Gasteiger partial charge in [-0.05, 0) is 57.9 Å². The molecule has 0 aliphatic carbocycles. The molecule has 8 heteroatoms. The number of carbonyl (C=O) groups is 1. The number of hydrogen-bond donors (Lipinski definition) is 2. The molecule has 2 aromatic heterocycles. The third-order valence-corrected chi connectivity index (χ3v) is 5.40. The fourth-order valence-corrected chi connectivity index (χ4v) is 3.89. The molecule has 2 unspecified atom stereocenters. The second-order valence-corrected chi connectivity index (χ2v) is 8.60. The van der Waals surface area contributed by atoms with Crippen LogP contribution >= 0.6 is 0 Å². The van der Waals surface area contributed by atoms with E-state index in [1.807, 2.05) is 20.8 Å². The molecule has 0 radical (unpaired) electrons. The lowest BCUT2D eigenvalue weighted by atomic mass is 9.98. The molecule has 0 saturated carbocycles. The maximum absolute atomic E-state index is 14.2. The fourth-order valence-electron chi connectivity index (χ4n) is 3.89. The number of halogens is 2. The number of aryl methyl sites for hydroxylation is 2. The number of amides is 1. The molecule has 6 nitrogen and oxygen atoms in total. The van der Waals surface area contributed by atoms with E-state index < -0.39 is 23.3 Å². The quantitative estimate of drug-likeness (QED) is 0.531. The van der Waals surface area contributed by atoms with Gasteiger partial charge in [0.1, 0.15) is 23.4 Å². The standard InChI is InChI=1S/C24H30F2N4O2/c1-6-10-24(5,27)13-28-23(31)21-15(3)29-22-19(11-14(2)12-30(21)22)32-16(4)20-17(25)8-7-9-18(20)26/h7-9,11-12,16H,6,10,13,27H2,1-5H3,(H,28,31). The average molecular weight is 445 g/mol. The molecule has 172 valence electrons. The first-order chi connectivity index (χ1) is 15.0. The van der Waals surface area contributed by atoms with Crippen LogP contribution in [0.3, 0.4) is 0 Å². The molecule has 3 aromatic rings. The molecule has 3 N–H and O–H groups in total. The highest BCUT2D eigenvalue weighted by atomic mass is 19.1. The zero-order chi connectivity index (χ0) is 23.6. The number of carbonyl (C=O) groups excluding carboxylic acids is 1. The number of fused-ring (bicyclic) bond motifs is 1. The monoisotopic (exact) mass is 444 g/mol. The summed E-state index contributed by atoms with van der Waals surface area (Å²) in [6.45, 7) is 9.41. The minimum atomic E-state index is -0.900. The minimum absolute atomic E-state index is 0.161. The van der Waals surface area contributed by atoms with Crippen LogP contribution in [0.4, 0.5) is 8.78 Å². The van der Waals surface area contributed by atoms with Crippen LogP contribution < -0.4 is 15.8 Å². The number of imidazole rings is 1. The van der Waals surface area contributed by atoms with Gasteiger partial charge in [-0.1, -0.05) is 19.4 Å². The number of nitrogens with two attached hydrogens (primary N) is 1. The van der Waals surface area contributed by atoms with E-state index in [9.17, 15) is 13.6 Å². The maximum Gasteiger partial charge on any atom is 0.270 e. The zero-order valence-corrected chi connectivity index (χ0v) is 19.1. The largest absolute Gasteiger partial charge is 0.482 e. The topological polar surface area (TPSA) is 81.6 Å². The molecule has 0 spiro atoms. The van der Waals surface area contributed by atoms with Crippen molar-refractivity contribution in [1.82, 2.24) is 14.7 Å². The van der Waals surface area contributed by atoms with Gasteiger partial charge in [-0.3, -0.25) is 9.20 Å². The lowest BCUT2D eigenvalue weighted by molar-refractivity contribution is 0.0937. The summed E-state index contributed by atoms with van der Waals surface area (Å²) in [5.41, 5.74) is 7.64. The fraction of sp³-hybridized carbons (Fsp3) is 0.417. The third-order valence-electron chi connectivity index (χ3n) is 5.40. The van der Waals surface area contributed by atoms with Gasteiger partial charge < -0.3 is 15.8 Å². The smallest absolute Gasteiger partial charge is 0.270 e. The van der Waals surface area contributed by atoms with E-state index in [4.69, 9.17) is 10.5 Å². The third kappa shape index (κ3) is 4.91. The van der Waals surface area contributed by atoms with Gasteiger partial charge in [-0.2, -0.15) is 0 Å². The van der Waals surface area contributed by atoms with Gasteiger partial charge in [-0.15, -0.1) is 0 Å². The Balaban J connectivity index is 1.95. The van der Waals surface area contributed by atoms with Crippen molar-refractivity contribution in [3.63, 3.8) is 0 Å². The summed E-state index contributed by atoms with van der Waals surface area (Å²) in [6, 6.07) is 5.42. The lowest BCUT2D eigenvalue weighted by Crippen LogP contribution is -2.47. The Bertz CT molecular complexity index is 1120. The molecule has 0 fully saturated rings. The minimum Gasteiger partial charge on any atom is -0.482 e. The van der Waals surface area contributed by atoms with Gasteiger partial charge in [0.25, 0.3) is 5.91 Å². The Hall–Kier alpha value is -3.00. The van der Waals surface area contributed by atoms with E-state index in [1.165, 1.54) is 18.2 Å². The van der Waals surface area contributed by atoms with Crippen LogP contribution in [0.25, 0.3) is 5.65 Å². The summed E-state index contributed by atoms with van der Waals surface area (Å²) in [5.74, 6) is -1.33. The van der Waals surface area contributed by atoms with Crippen molar-refractivity contribution in [3.05, 3.63) is 64.6 Å². The van der Waals surface area contributed by atoms with E-state index in [-0.39, 0.29) is 11.5 Å². The molecule has 1 aromatic carbocycles. The zero-order valence-electron chi connectivity index (χ0n) is 19.1. The highest BCUT2D eigenvalue weighted by Gasteiger charge is 2.24. The van der Waals surface area contributed by atoms with Gasteiger partial charge in [0.15, 0.2) is 11.4 Å². The second kappa shape index (κ2) is 9.24. The molecule has 3 rings (SSSR count). The van der Waals surface area contributed by atoms with Crippen LogP contribution in [-0.2, 0) is 0 Å². The molecule has 0 aliphatic heterocycles. The van der Waals surface area contributed by atoms with Gasteiger partial charge >= 0.3 is 0 Å². The van der Waals surface area contributed by atoms with Crippen LogP contribution in [0.2, 0.25) is 0 Å². The number of pyridine rings is 1. The number of nitrogens with one attached hydrogen (secondary N) is 1. The summed E-state index contributed by atoms with van der Waals surface area (Å²) < 4.78 is 36.0. The Morgan fingerprint density at radius 2 is 1.97 bits per heavy atom. The van der Waals surface area contributed by atoms with Gasteiger partial charge in [0.05, 0.1) is 11.3 Å². The van der Waals surface area contributed by atoms with Crippen molar-refractivity contribution < 1.29 is 18.3 Å². The van der Waals surface area contributed by atoms with Crippen LogP contribution in [0.15, 0.2) is 30.5 Å². The van der Waals surface area contributed by atoms with Crippen molar-refractivity contribution >= 4 is 11.6 Å².